The second kappa shape index (κ2) is 10.1. The molecule has 0 bridgehead atoms. The Bertz CT molecular complexity index is 1460. The molecule has 10 nitrogen and oxygen atoms in total. The van der Waals surface area contributed by atoms with Crippen molar-refractivity contribution in [2.24, 2.45) is 0 Å². The molecule has 0 N–H and O–H groups in total. The number of thioether (sulfide) groups is 1. The molecular weight excluding hydrogens is 506 g/mol. The number of hydrogen-bond donors (Lipinski definition) is 0. The van der Waals surface area contributed by atoms with Crippen molar-refractivity contribution in [1.29, 1.82) is 0 Å². The van der Waals surface area contributed by atoms with Gasteiger partial charge in [0, 0.05) is 6.07 Å². The summed E-state index contributed by atoms with van der Waals surface area (Å²) in [6, 6.07) is 15.3. The number of rotatable bonds is 7. The number of nitro benzene ring substituents is 2. The van der Waals surface area contributed by atoms with E-state index in [9.17, 15) is 25.0 Å². The van der Waals surface area contributed by atoms with Gasteiger partial charge in [0.15, 0.2) is 15.8 Å². The van der Waals surface area contributed by atoms with Gasteiger partial charge >= 0.3 is 5.69 Å². The van der Waals surface area contributed by atoms with Gasteiger partial charge < -0.3 is 9.47 Å². The van der Waals surface area contributed by atoms with E-state index in [1.165, 1.54) is 29.8 Å². The molecule has 12 heteroatoms. The number of nitrogens with zero attached hydrogens (tertiary/aromatic N) is 3. The number of hydrogen-bond acceptors (Lipinski definition) is 9. The van der Waals surface area contributed by atoms with Crippen molar-refractivity contribution in [2.45, 2.75) is 6.92 Å². The average Bonchev–Trinajstić information content (AvgIpc) is 3.12. The highest BCUT2D eigenvalue weighted by molar-refractivity contribution is 8.27. The summed E-state index contributed by atoms with van der Waals surface area (Å²) in [6.45, 7) is 1.93. The summed E-state index contributed by atoms with van der Waals surface area (Å²) in [4.78, 5) is 35.8. The summed E-state index contributed by atoms with van der Waals surface area (Å²) in [7, 11) is 1.40. The highest BCUT2D eigenvalue weighted by Crippen LogP contribution is 2.40. The number of thiocarbonyl (C=S) groups is 1. The largest absolute Gasteiger partial charge is 0.493 e. The fourth-order valence-electron chi connectivity index (χ4n) is 3.43. The van der Waals surface area contributed by atoms with Gasteiger partial charge in [0.05, 0.1) is 33.6 Å². The van der Waals surface area contributed by atoms with Crippen LogP contribution in [0, 0.1) is 27.2 Å². The van der Waals surface area contributed by atoms with Crippen molar-refractivity contribution in [1.82, 2.24) is 0 Å². The fraction of sp³-hybridized carbons (Fsp3) is 0.0833. The minimum atomic E-state index is -0.764. The first-order valence-corrected chi connectivity index (χ1v) is 11.5. The maximum absolute atomic E-state index is 13.1. The van der Waals surface area contributed by atoms with Crippen molar-refractivity contribution in [3.8, 4) is 17.2 Å². The molecule has 1 saturated heterocycles. The van der Waals surface area contributed by atoms with Crippen LogP contribution in [-0.4, -0.2) is 27.2 Å². The molecule has 0 atom stereocenters. The fourth-order valence-corrected chi connectivity index (χ4v) is 4.73. The zero-order chi connectivity index (χ0) is 26.0. The van der Waals surface area contributed by atoms with Gasteiger partial charge in [-0.1, -0.05) is 42.2 Å². The van der Waals surface area contributed by atoms with Crippen molar-refractivity contribution in [3.05, 3.63) is 96.9 Å². The molecule has 0 aliphatic carbocycles. The molecule has 3 aromatic carbocycles. The Morgan fingerprint density at radius 1 is 0.972 bits per heavy atom. The quantitative estimate of drug-likeness (QED) is 0.158. The predicted octanol–water partition coefficient (Wildman–Crippen LogP) is 6.02. The minimum Gasteiger partial charge on any atom is -0.493 e. The summed E-state index contributed by atoms with van der Waals surface area (Å²) < 4.78 is 11.5. The van der Waals surface area contributed by atoms with Crippen molar-refractivity contribution in [2.75, 3.05) is 12.0 Å². The number of ether oxygens (including phenoxy) is 2. The molecular formula is C24H17N3O7S2. The van der Waals surface area contributed by atoms with E-state index in [4.69, 9.17) is 21.7 Å². The van der Waals surface area contributed by atoms with Gasteiger partial charge in [0.25, 0.3) is 11.6 Å². The predicted molar refractivity (Wildman–Crippen MR) is 140 cm³/mol. The number of carbonyl (C=O) groups excluding carboxylic acids is 1. The number of amides is 1. The van der Waals surface area contributed by atoms with Crippen molar-refractivity contribution < 1.29 is 24.1 Å². The van der Waals surface area contributed by atoms with Crippen LogP contribution in [0.4, 0.5) is 17.1 Å². The van der Waals surface area contributed by atoms with Gasteiger partial charge in [-0.05, 0) is 54.5 Å². The smallest absolute Gasteiger partial charge is 0.318 e. The van der Waals surface area contributed by atoms with Crippen LogP contribution < -0.4 is 14.4 Å². The molecule has 1 aliphatic rings. The molecule has 1 aliphatic heterocycles. The molecule has 1 amide bonds. The molecule has 182 valence electrons. The first-order valence-electron chi connectivity index (χ1n) is 10.3. The lowest BCUT2D eigenvalue weighted by molar-refractivity contribution is -0.394. The van der Waals surface area contributed by atoms with Crippen LogP contribution in [0.3, 0.4) is 0 Å². The molecule has 0 saturated carbocycles. The summed E-state index contributed by atoms with van der Waals surface area (Å²) >= 11 is 6.60. The minimum absolute atomic E-state index is 0.152. The van der Waals surface area contributed by atoms with Crippen molar-refractivity contribution >= 4 is 57.3 Å². The lowest BCUT2D eigenvalue weighted by atomic mass is 10.1. The number of non-ortho nitro benzene ring substituents is 1. The zero-order valence-corrected chi connectivity index (χ0v) is 20.5. The summed E-state index contributed by atoms with van der Waals surface area (Å²) in [5.41, 5.74) is 1.31. The Kier molecular flexibility index (Phi) is 6.99. The molecule has 36 heavy (non-hydrogen) atoms. The van der Waals surface area contributed by atoms with E-state index in [2.05, 4.69) is 0 Å². The first kappa shape index (κ1) is 24.8. The summed E-state index contributed by atoms with van der Waals surface area (Å²) in [5.74, 6) is -0.0449. The first-order chi connectivity index (χ1) is 17.2. The Labute approximate surface area is 214 Å². The number of aryl methyl sites for hydroxylation is 1. The number of anilines is 1. The molecule has 0 unspecified atom stereocenters. The third-order valence-electron chi connectivity index (χ3n) is 5.11. The van der Waals surface area contributed by atoms with E-state index in [1.54, 1.807) is 18.2 Å². The molecule has 0 spiro atoms. The van der Waals surface area contributed by atoms with Crippen LogP contribution in [0.1, 0.15) is 11.1 Å². The maximum atomic E-state index is 13.1. The third kappa shape index (κ3) is 5.04. The van der Waals surface area contributed by atoms with E-state index >= 15 is 0 Å². The normalized spacial score (nSPS) is 14.3. The molecule has 0 radical (unpaired) electrons. The van der Waals surface area contributed by atoms with Gasteiger partial charge in [-0.3, -0.25) is 29.9 Å². The van der Waals surface area contributed by atoms with Crippen LogP contribution >= 0.6 is 24.0 Å². The Hall–Kier alpha value is -4.29. The average molecular weight is 524 g/mol. The summed E-state index contributed by atoms with van der Waals surface area (Å²) in [6.07, 6.45) is 1.66. The van der Waals surface area contributed by atoms with E-state index < -0.39 is 21.2 Å². The Balaban J connectivity index is 1.62. The zero-order valence-electron chi connectivity index (χ0n) is 18.9. The van der Waals surface area contributed by atoms with Crippen LogP contribution in [0.5, 0.6) is 17.2 Å². The topological polar surface area (TPSA) is 125 Å². The van der Waals surface area contributed by atoms with Crippen LogP contribution in [0.15, 0.2) is 65.6 Å². The van der Waals surface area contributed by atoms with E-state index in [0.717, 1.165) is 23.8 Å². The number of methoxy groups -OCH3 is 1. The van der Waals surface area contributed by atoms with Gasteiger partial charge in [0.2, 0.25) is 5.75 Å². The van der Waals surface area contributed by atoms with Crippen LogP contribution in [0.2, 0.25) is 0 Å². The monoisotopic (exact) mass is 523 g/mol. The molecule has 0 aromatic heterocycles. The highest BCUT2D eigenvalue weighted by Gasteiger charge is 2.33. The van der Waals surface area contributed by atoms with E-state index in [1.807, 2.05) is 31.2 Å². The SMILES string of the molecule is COc1cc(/C=C2\SC(=S)N(c3cccc(C)c3)C2=O)ccc1Oc1ccc([N+](=O)[O-])cc1[N+](=O)[O-]. The van der Waals surface area contributed by atoms with E-state index in [-0.39, 0.29) is 23.2 Å². The highest BCUT2D eigenvalue weighted by atomic mass is 32.2. The molecule has 4 rings (SSSR count). The summed E-state index contributed by atoms with van der Waals surface area (Å²) in [5, 5.41) is 22.4. The second-order valence-corrected chi connectivity index (χ2v) is 9.21. The number of nitro groups is 2. The molecule has 3 aromatic rings. The lowest BCUT2D eigenvalue weighted by Crippen LogP contribution is -2.27. The van der Waals surface area contributed by atoms with Crippen molar-refractivity contribution in [3.63, 3.8) is 0 Å². The molecule has 1 fully saturated rings. The standard InChI is InChI=1S/C24H17N3O7S2/c1-14-4-3-5-16(10-14)25-23(28)22(36-24(25)35)12-15-6-8-20(21(11-15)33-2)34-19-9-7-17(26(29)30)13-18(19)27(31)32/h3-13H,1-2H3/b22-12-. The van der Waals surface area contributed by atoms with Gasteiger partial charge in [0.1, 0.15) is 0 Å². The second-order valence-electron chi connectivity index (χ2n) is 7.53. The van der Waals surface area contributed by atoms with Crippen LogP contribution in [0.25, 0.3) is 6.08 Å². The van der Waals surface area contributed by atoms with Crippen LogP contribution in [-0.2, 0) is 4.79 Å². The lowest BCUT2D eigenvalue weighted by Gasteiger charge is -2.14. The van der Waals surface area contributed by atoms with E-state index in [0.29, 0.717) is 20.5 Å². The van der Waals surface area contributed by atoms with Gasteiger partial charge in [-0.15, -0.1) is 0 Å². The Morgan fingerprint density at radius 3 is 2.39 bits per heavy atom. The number of benzene rings is 3. The molecule has 1 heterocycles. The Morgan fingerprint density at radius 2 is 1.72 bits per heavy atom. The van der Waals surface area contributed by atoms with Gasteiger partial charge in [-0.25, -0.2) is 0 Å². The third-order valence-corrected chi connectivity index (χ3v) is 6.41. The maximum Gasteiger partial charge on any atom is 0.318 e. The number of carbonyl (C=O) groups is 1. The van der Waals surface area contributed by atoms with Gasteiger partial charge in [-0.2, -0.15) is 0 Å².